The molecule has 0 aromatic heterocycles. The predicted octanol–water partition coefficient (Wildman–Crippen LogP) is 1.64. The molecule has 1 aliphatic heterocycles. The Morgan fingerprint density at radius 3 is 2.81 bits per heavy atom. The molecule has 3 N–H and O–H groups in total. The number of aliphatic hydroxyl groups is 1. The van der Waals surface area contributed by atoms with E-state index in [1.807, 2.05) is 0 Å². The van der Waals surface area contributed by atoms with Gasteiger partial charge in [-0.05, 0) is 43.9 Å². The van der Waals surface area contributed by atoms with Crippen LogP contribution >= 0.6 is 0 Å². The van der Waals surface area contributed by atoms with Gasteiger partial charge < -0.3 is 10.8 Å². The molecule has 21 heavy (non-hydrogen) atoms. The van der Waals surface area contributed by atoms with E-state index in [4.69, 9.17) is 10.8 Å². The van der Waals surface area contributed by atoms with Gasteiger partial charge in [0.1, 0.15) is 5.82 Å². The molecular formula is C14H21FN2O3S. The molecule has 1 fully saturated rings. The fourth-order valence-corrected chi connectivity index (χ4v) is 4.77. The van der Waals surface area contributed by atoms with Crippen LogP contribution < -0.4 is 5.73 Å². The smallest absolute Gasteiger partial charge is 0.243 e. The highest BCUT2D eigenvalue weighted by Gasteiger charge is 2.34. The largest absolute Gasteiger partial charge is 0.396 e. The van der Waals surface area contributed by atoms with E-state index in [2.05, 4.69) is 0 Å². The van der Waals surface area contributed by atoms with Gasteiger partial charge in [0.2, 0.25) is 10.0 Å². The third-order valence-corrected chi connectivity index (χ3v) is 6.01. The molecule has 1 aliphatic rings. The third kappa shape index (κ3) is 3.20. The minimum absolute atomic E-state index is 0.0474. The quantitative estimate of drug-likeness (QED) is 0.827. The van der Waals surface area contributed by atoms with Crippen molar-refractivity contribution in [2.24, 2.45) is 0 Å². The van der Waals surface area contributed by atoms with Crippen molar-refractivity contribution >= 4 is 15.7 Å². The highest BCUT2D eigenvalue weighted by atomic mass is 32.2. The molecule has 1 atom stereocenters. The van der Waals surface area contributed by atoms with Crippen molar-refractivity contribution in [1.82, 2.24) is 4.31 Å². The van der Waals surface area contributed by atoms with Crippen molar-refractivity contribution in [2.75, 3.05) is 18.9 Å². The fraction of sp³-hybridized carbons (Fsp3) is 0.571. The van der Waals surface area contributed by atoms with Crippen molar-refractivity contribution in [3.63, 3.8) is 0 Å². The van der Waals surface area contributed by atoms with Crippen LogP contribution in [0.3, 0.4) is 0 Å². The third-order valence-electron chi connectivity index (χ3n) is 3.92. The van der Waals surface area contributed by atoms with Crippen LogP contribution in [0.5, 0.6) is 0 Å². The number of halogens is 1. The van der Waals surface area contributed by atoms with Crippen LogP contribution in [0.25, 0.3) is 0 Å². The van der Waals surface area contributed by atoms with Crippen molar-refractivity contribution in [3.8, 4) is 0 Å². The van der Waals surface area contributed by atoms with E-state index in [1.165, 1.54) is 10.4 Å². The summed E-state index contributed by atoms with van der Waals surface area (Å²) in [5.41, 5.74) is 5.68. The van der Waals surface area contributed by atoms with E-state index < -0.39 is 15.8 Å². The number of aryl methyl sites for hydroxylation is 1. The molecule has 0 radical (unpaired) electrons. The van der Waals surface area contributed by atoms with Gasteiger partial charge in [0.25, 0.3) is 0 Å². The van der Waals surface area contributed by atoms with Gasteiger partial charge in [0, 0.05) is 19.2 Å². The Morgan fingerprint density at radius 2 is 2.14 bits per heavy atom. The minimum atomic E-state index is -3.73. The monoisotopic (exact) mass is 316 g/mol. The Labute approximate surface area is 124 Å². The van der Waals surface area contributed by atoms with E-state index in [0.717, 1.165) is 25.3 Å². The van der Waals surface area contributed by atoms with Crippen molar-refractivity contribution in [1.29, 1.82) is 0 Å². The van der Waals surface area contributed by atoms with E-state index in [9.17, 15) is 12.8 Å². The topological polar surface area (TPSA) is 83.6 Å². The maximum absolute atomic E-state index is 13.4. The zero-order valence-corrected chi connectivity index (χ0v) is 12.9. The highest BCUT2D eigenvalue weighted by molar-refractivity contribution is 7.89. The van der Waals surface area contributed by atoms with Gasteiger partial charge >= 0.3 is 0 Å². The lowest BCUT2D eigenvalue weighted by Gasteiger charge is -2.34. The molecule has 0 amide bonds. The number of anilines is 1. The summed E-state index contributed by atoms with van der Waals surface area (Å²) in [7, 11) is -3.73. The van der Waals surface area contributed by atoms with Crippen LogP contribution in [0.2, 0.25) is 0 Å². The Morgan fingerprint density at radius 1 is 1.43 bits per heavy atom. The molecule has 1 aromatic rings. The Bertz CT molecular complexity index is 617. The summed E-state index contributed by atoms with van der Waals surface area (Å²) in [6, 6.07) is 2.12. The normalized spacial score (nSPS) is 20.6. The molecule has 1 aromatic carbocycles. The number of benzene rings is 1. The Hall–Kier alpha value is -1.18. The molecule has 1 unspecified atom stereocenters. The minimum Gasteiger partial charge on any atom is -0.396 e. The number of aliphatic hydroxyl groups excluding tert-OH is 1. The number of sulfonamides is 1. The van der Waals surface area contributed by atoms with Crippen molar-refractivity contribution in [3.05, 3.63) is 23.5 Å². The lowest BCUT2D eigenvalue weighted by atomic mass is 10.0. The van der Waals surface area contributed by atoms with Crippen LogP contribution in [-0.4, -0.2) is 37.0 Å². The second-order valence-electron chi connectivity index (χ2n) is 5.42. The number of hydrogen-bond acceptors (Lipinski definition) is 4. The van der Waals surface area contributed by atoms with Gasteiger partial charge in [0.05, 0.1) is 10.6 Å². The van der Waals surface area contributed by atoms with E-state index in [0.29, 0.717) is 18.5 Å². The average Bonchev–Trinajstić information content (AvgIpc) is 2.43. The fourth-order valence-electron chi connectivity index (χ4n) is 2.80. The van der Waals surface area contributed by atoms with Crippen LogP contribution in [-0.2, 0) is 10.0 Å². The summed E-state index contributed by atoms with van der Waals surface area (Å²) in [6.45, 7) is 1.92. The molecular weight excluding hydrogens is 295 g/mol. The van der Waals surface area contributed by atoms with Gasteiger partial charge in [-0.25, -0.2) is 12.8 Å². The summed E-state index contributed by atoms with van der Waals surface area (Å²) >= 11 is 0. The molecule has 0 bridgehead atoms. The SMILES string of the molecule is Cc1cc(F)c(N)cc1S(=O)(=O)N1CCCCC1CCO. The number of rotatable bonds is 4. The number of hydrogen-bond donors (Lipinski definition) is 2. The second-order valence-corrected chi connectivity index (χ2v) is 7.28. The van der Waals surface area contributed by atoms with Crippen LogP contribution in [0.15, 0.2) is 17.0 Å². The number of nitrogen functional groups attached to an aromatic ring is 1. The van der Waals surface area contributed by atoms with Crippen LogP contribution in [0, 0.1) is 12.7 Å². The average molecular weight is 316 g/mol. The van der Waals surface area contributed by atoms with Gasteiger partial charge in [0.15, 0.2) is 0 Å². The van der Waals surface area contributed by atoms with Crippen LogP contribution in [0.1, 0.15) is 31.2 Å². The summed E-state index contributed by atoms with van der Waals surface area (Å²) < 4.78 is 40.5. The van der Waals surface area contributed by atoms with E-state index in [1.54, 1.807) is 6.92 Å². The second kappa shape index (κ2) is 6.29. The zero-order valence-electron chi connectivity index (χ0n) is 12.0. The summed E-state index contributed by atoms with van der Waals surface area (Å²) in [4.78, 5) is 0.0474. The number of piperidine rings is 1. The summed E-state index contributed by atoms with van der Waals surface area (Å²) in [6.07, 6.45) is 2.88. The van der Waals surface area contributed by atoms with Gasteiger partial charge in [-0.1, -0.05) is 6.42 Å². The zero-order chi connectivity index (χ0) is 15.6. The first-order valence-electron chi connectivity index (χ1n) is 7.06. The predicted molar refractivity (Wildman–Crippen MR) is 78.8 cm³/mol. The first-order chi connectivity index (χ1) is 9.87. The molecule has 5 nitrogen and oxygen atoms in total. The number of nitrogens with two attached hydrogens (primary N) is 1. The van der Waals surface area contributed by atoms with Gasteiger partial charge in [-0.3, -0.25) is 0 Å². The molecule has 7 heteroatoms. The first kappa shape index (κ1) is 16.2. The summed E-state index contributed by atoms with van der Waals surface area (Å²) in [5.74, 6) is -0.614. The molecule has 0 saturated carbocycles. The first-order valence-corrected chi connectivity index (χ1v) is 8.50. The molecule has 118 valence electrons. The Balaban J connectivity index is 2.43. The number of nitrogens with zero attached hydrogens (tertiary/aromatic N) is 1. The maximum atomic E-state index is 13.4. The van der Waals surface area contributed by atoms with Crippen molar-refractivity contribution in [2.45, 2.75) is 43.5 Å². The lowest BCUT2D eigenvalue weighted by Crippen LogP contribution is -2.44. The van der Waals surface area contributed by atoms with Crippen LogP contribution in [0.4, 0.5) is 10.1 Å². The lowest BCUT2D eigenvalue weighted by molar-refractivity contribution is 0.192. The standard InChI is InChI=1S/C14H21FN2O3S/c1-10-8-12(15)13(16)9-14(10)21(19,20)17-6-3-2-4-11(17)5-7-18/h8-9,11,18H,2-7,16H2,1H3. The Kier molecular flexibility index (Phi) is 4.85. The molecule has 2 rings (SSSR count). The maximum Gasteiger partial charge on any atom is 0.243 e. The van der Waals surface area contributed by atoms with Gasteiger partial charge in [-0.15, -0.1) is 0 Å². The molecule has 1 saturated heterocycles. The molecule has 0 aliphatic carbocycles. The molecule has 1 heterocycles. The van der Waals surface area contributed by atoms with Crippen molar-refractivity contribution < 1.29 is 17.9 Å². The van der Waals surface area contributed by atoms with E-state index >= 15 is 0 Å². The van der Waals surface area contributed by atoms with Gasteiger partial charge in [-0.2, -0.15) is 4.31 Å². The highest BCUT2D eigenvalue weighted by Crippen LogP contribution is 2.30. The summed E-state index contributed by atoms with van der Waals surface area (Å²) in [5, 5.41) is 9.12. The molecule has 0 spiro atoms. The van der Waals surface area contributed by atoms with E-state index in [-0.39, 0.29) is 23.2 Å².